The van der Waals surface area contributed by atoms with Crippen LogP contribution in [0.25, 0.3) is 0 Å². The number of hydrogen-bond donors (Lipinski definition) is 2. The fourth-order valence-electron chi connectivity index (χ4n) is 2.14. The molecule has 1 aliphatic carbocycles. The summed E-state index contributed by atoms with van der Waals surface area (Å²) in [7, 11) is 0. The number of nitrogens with two attached hydrogens (primary N) is 1. The number of pyridine rings is 1. The highest BCUT2D eigenvalue weighted by atomic mass is 32.1. The predicted molar refractivity (Wildman–Crippen MR) is 76.8 cm³/mol. The SMILES string of the molecule is NC(=S)c1cccc(N(CCCO)C2CCC2)n1. The molecule has 5 heteroatoms. The fourth-order valence-corrected chi connectivity index (χ4v) is 2.26. The molecule has 0 amide bonds. The summed E-state index contributed by atoms with van der Waals surface area (Å²) in [5.41, 5.74) is 6.28. The van der Waals surface area contributed by atoms with Crippen LogP contribution in [-0.2, 0) is 0 Å². The largest absolute Gasteiger partial charge is 0.396 e. The fraction of sp³-hybridized carbons (Fsp3) is 0.538. The van der Waals surface area contributed by atoms with Gasteiger partial charge in [0, 0.05) is 19.2 Å². The van der Waals surface area contributed by atoms with Gasteiger partial charge in [0.2, 0.25) is 0 Å². The van der Waals surface area contributed by atoms with Gasteiger partial charge in [-0.1, -0.05) is 18.3 Å². The second-order valence-electron chi connectivity index (χ2n) is 4.60. The molecule has 18 heavy (non-hydrogen) atoms. The van der Waals surface area contributed by atoms with Crippen molar-refractivity contribution in [2.24, 2.45) is 5.73 Å². The van der Waals surface area contributed by atoms with E-state index in [1.165, 1.54) is 19.3 Å². The number of rotatable bonds is 6. The molecule has 1 heterocycles. The number of hydrogen-bond acceptors (Lipinski definition) is 4. The van der Waals surface area contributed by atoms with Crippen molar-refractivity contribution in [2.75, 3.05) is 18.1 Å². The molecule has 1 aromatic rings. The topological polar surface area (TPSA) is 62.4 Å². The van der Waals surface area contributed by atoms with Gasteiger partial charge >= 0.3 is 0 Å². The van der Waals surface area contributed by atoms with Gasteiger partial charge in [-0.15, -0.1) is 0 Å². The standard InChI is InChI=1S/C13H19N3OS/c14-13(18)11-6-2-7-12(15-11)16(8-3-9-17)10-4-1-5-10/h2,6-7,10,17H,1,3-5,8-9H2,(H2,14,18). The van der Waals surface area contributed by atoms with Crippen molar-refractivity contribution < 1.29 is 5.11 Å². The number of anilines is 1. The average molecular weight is 265 g/mol. The minimum absolute atomic E-state index is 0.207. The Labute approximate surface area is 113 Å². The number of thiocarbonyl (C=S) groups is 1. The summed E-state index contributed by atoms with van der Waals surface area (Å²) < 4.78 is 0. The summed E-state index contributed by atoms with van der Waals surface area (Å²) in [6.07, 6.45) is 4.43. The molecule has 1 aromatic heterocycles. The average Bonchev–Trinajstić information content (AvgIpc) is 2.32. The summed E-state index contributed by atoms with van der Waals surface area (Å²) in [5, 5.41) is 8.99. The zero-order valence-corrected chi connectivity index (χ0v) is 11.2. The molecule has 4 nitrogen and oxygen atoms in total. The van der Waals surface area contributed by atoms with Crippen molar-refractivity contribution in [3.8, 4) is 0 Å². The maximum atomic E-state index is 8.99. The Balaban J connectivity index is 2.17. The van der Waals surface area contributed by atoms with Crippen molar-refractivity contribution in [1.82, 2.24) is 4.98 Å². The van der Waals surface area contributed by atoms with E-state index in [9.17, 15) is 0 Å². The third-order valence-corrected chi connectivity index (χ3v) is 3.56. The molecule has 0 aromatic carbocycles. The van der Waals surface area contributed by atoms with Gasteiger partial charge in [-0.2, -0.15) is 0 Å². The van der Waals surface area contributed by atoms with Crippen LogP contribution in [0.5, 0.6) is 0 Å². The van der Waals surface area contributed by atoms with E-state index < -0.39 is 0 Å². The number of aromatic nitrogens is 1. The molecular formula is C13H19N3OS. The van der Waals surface area contributed by atoms with Gasteiger partial charge in [-0.05, 0) is 37.8 Å². The molecule has 0 atom stereocenters. The quantitative estimate of drug-likeness (QED) is 0.762. The second-order valence-corrected chi connectivity index (χ2v) is 5.04. The Hall–Kier alpha value is -1.20. The first-order valence-corrected chi connectivity index (χ1v) is 6.77. The van der Waals surface area contributed by atoms with Crippen LogP contribution in [-0.4, -0.2) is 34.3 Å². The molecule has 0 aliphatic heterocycles. The highest BCUT2D eigenvalue weighted by Gasteiger charge is 2.25. The molecule has 1 saturated carbocycles. The van der Waals surface area contributed by atoms with Crippen LogP contribution >= 0.6 is 12.2 Å². The number of aliphatic hydroxyl groups excluding tert-OH is 1. The summed E-state index contributed by atoms with van der Waals surface area (Å²) in [4.78, 5) is 7.10. The van der Waals surface area contributed by atoms with Crippen LogP contribution in [0.1, 0.15) is 31.4 Å². The molecule has 1 fully saturated rings. The molecule has 1 aliphatic rings. The van der Waals surface area contributed by atoms with Crippen LogP contribution in [0.4, 0.5) is 5.82 Å². The third kappa shape index (κ3) is 2.97. The van der Waals surface area contributed by atoms with Crippen molar-refractivity contribution in [1.29, 1.82) is 0 Å². The van der Waals surface area contributed by atoms with Gasteiger partial charge < -0.3 is 15.7 Å². The summed E-state index contributed by atoms with van der Waals surface area (Å²) in [6.45, 7) is 1.03. The van der Waals surface area contributed by atoms with Crippen molar-refractivity contribution in [3.05, 3.63) is 23.9 Å². The summed E-state index contributed by atoms with van der Waals surface area (Å²) in [6, 6.07) is 6.29. The van der Waals surface area contributed by atoms with Crippen molar-refractivity contribution in [2.45, 2.75) is 31.7 Å². The van der Waals surface area contributed by atoms with Gasteiger partial charge in [-0.25, -0.2) is 4.98 Å². The lowest BCUT2D eigenvalue weighted by atomic mass is 9.91. The van der Waals surface area contributed by atoms with Crippen LogP contribution < -0.4 is 10.6 Å². The Bertz CT molecular complexity index is 420. The van der Waals surface area contributed by atoms with E-state index in [0.717, 1.165) is 18.8 Å². The Morgan fingerprint density at radius 3 is 2.83 bits per heavy atom. The molecule has 3 N–H and O–H groups in total. The lowest BCUT2D eigenvalue weighted by Gasteiger charge is -2.38. The molecule has 0 bridgehead atoms. The van der Waals surface area contributed by atoms with E-state index in [-0.39, 0.29) is 6.61 Å². The maximum Gasteiger partial charge on any atom is 0.129 e. The van der Waals surface area contributed by atoms with Gasteiger partial charge in [0.1, 0.15) is 10.8 Å². The third-order valence-electron chi connectivity index (χ3n) is 3.35. The Morgan fingerprint density at radius 1 is 1.50 bits per heavy atom. The van der Waals surface area contributed by atoms with E-state index in [4.69, 9.17) is 23.1 Å². The zero-order valence-electron chi connectivity index (χ0n) is 10.4. The monoisotopic (exact) mass is 265 g/mol. The van der Waals surface area contributed by atoms with Crippen molar-refractivity contribution >= 4 is 23.0 Å². The van der Waals surface area contributed by atoms with Crippen molar-refractivity contribution in [3.63, 3.8) is 0 Å². The maximum absolute atomic E-state index is 8.99. The van der Waals surface area contributed by atoms with E-state index >= 15 is 0 Å². The van der Waals surface area contributed by atoms with Crippen LogP contribution in [0.3, 0.4) is 0 Å². The molecule has 0 radical (unpaired) electrons. The van der Waals surface area contributed by atoms with Crippen LogP contribution in [0.2, 0.25) is 0 Å². The lowest BCUT2D eigenvalue weighted by Crippen LogP contribution is -2.41. The Morgan fingerprint density at radius 2 is 2.28 bits per heavy atom. The van der Waals surface area contributed by atoms with E-state index in [1.54, 1.807) is 0 Å². The van der Waals surface area contributed by atoms with Gasteiger partial charge in [0.15, 0.2) is 0 Å². The molecule has 0 unspecified atom stereocenters. The normalized spacial score (nSPS) is 15.2. The zero-order chi connectivity index (χ0) is 13.0. The highest BCUT2D eigenvalue weighted by Crippen LogP contribution is 2.28. The lowest BCUT2D eigenvalue weighted by molar-refractivity contribution is 0.282. The molecule has 2 rings (SSSR count). The predicted octanol–water partition coefficient (Wildman–Crippen LogP) is 1.46. The van der Waals surface area contributed by atoms with Gasteiger partial charge in [0.25, 0.3) is 0 Å². The van der Waals surface area contributed by atoms with E-state index in [0.29, 0.717) is 16.7 Å². The first-order valence-electron chi connectivity index (χ1n) is 6.36. The molecular weight excluding hydrogens is 246 g/mol. The minimum Gasteiger partial charge on any atom is -0.396 e. The molecule has 98 valence electrons. The first-order chi connectivity index (χ1) is 8.72. The van der Waals surface area contributed by atoms with Crippen LogP contribution in [0, 0.1) is 0 Å². The summed E-state index contributed by atoms with van der Waals surface area (Å²) in [5.74, 6) is 0.915. The minimum atomic E-state index is 0.207. The smallest absolute Gasteiger partial charge is 0.129 e. The molecule has 0 saturated heterocycles. The highest BCUT2D eigenvalue weighted by molar-refractivity contribution is 7.80. The molecule has 0 spiro atoms. The van der Waals surface area contributed by atoms with Gasteiger partial charge in [0.05, 0.1) is 5.69 Å². The van der Waals surface area contributed by atoms with Crippen LogP contribution in [0.15, 0.2) is 18.2 Å². The number of aliphatic hydroxyl groups is 1. The number of nitrogens with zero attached hydrogens (tertiary/aromatic N) is 2. The van der Waals surface area contributed by atoms with Gasteiger partial charge in [-0.3, -0.25) is 0 Å². The van der Waals surface area contributed by atoms with E-state index in [1.807, 2.05) is 18.2 Å². The van der Waals surface area contributed by atoms with E-state index in [2.05, 4.69) is 9.88 Å². The second kappa shape index (κ2) is 6.11. The Kier molecular flexibility index (Phi) is 4.49. The first kappa shape index (κ1) is 13.2. The summed E-state index contributed by atoms with van der Waals surface area (Å²) >= 11 is 4.96.